The van der Waals surface area contributed by atoms with Crippen molar-refractivity contribution in [2.45, 2.75) is 58.3 Å². The molecule has 0 spiro atoms. The van der Waals surface area contributed by atoms with Gasteiger partial charge in [-0.3, -0.25) is 4.57 Å². The van der Waals surface area contributed by atoms with Crippen LogP contribution in [-0.4, -0.2) is 21.2 Å². The molecule has 0 aliphatic carbocycles. The van der Waals surface area contributed by atoms with E-state index in [1.165, 1.54) is 16.7 Å². The highest BCUT2D eigenvalue weighted by atomic mass is 19.4. The van der Waals surface area contributed by atoms with Gasteiger partial charge in [-0.1, -0.05) is 44.4 Å². The van der Waals surface area contributed by atoms with E-state index >= 15 is 0 Å². The second-order valence-electron chi connectivity index (χ2n) is 8.17. The van der Waals surface area contributed by atoms with Gasteiger partial charge in [-0.15, -0.1) is 0 Å². The SMILES string of the molecule is CCCCCCn1c(=O)nc(Nc2cccc(C(F)(F)F)c2)n(CCc2ccc(OC)cc2)c1=O. The van der Waals surface area contributed by atoms with Gasteiger partial charge in [-0.25, -0.2) is 14.2 Å². The number of nitrogens with one attached hydrogen (secondary N) is 1. The van der Waals surface area contributed by atoms with Crippen LogP contribution in [0.1, 0.15) is 43.7 Å². The number of hydrogen-bond donors (Lipinski definition) is 1. The fraction of sp³-hybridized carbons (Fsp3) is 0.400. The molecule has 7 nitrogen and oxygen atoms in total. The third-order valence-electron chi connectivity index (χ3n) is 5.61. The van der Waals surface area contributed by atoms with E-state index in [4.69, 9.17) is 4.74 Å². The number of aryl methyl sites for hydroxylation is 1. The smallest absolute Gasteiger partial charge is 0.416 e. The lowest BCUT2D eigenvalue weighted by Crippen LogP contribution is -2.42. The molecule has 0 radical (unpaired) electrons. The van der Waals surface area contributed by atoms with E-state index in [2.05, 4.69) is 17.2 Å². The van der Waals surface area contributed by atoms with Crippen LogP contribution >= 0.6 is 0 Å². The Labute approximate surface area is 201 Å². The van der Waals surface area contributed by atoms with Crippen molar-refractivity contribution >= 4 is 11.6 Å². The van der Waals surface area contributed by atoms with Gasteiger partial charge in [0, 0.05) is 18.8 Å². The van der Waals surface area contributed by atoms with Crippen molar-refractivity contribution in [1.29, 1.82) is 0 Å². The summed E-state index contributed by atoms with van der Waals surface area (Å²) >= 11 is 0. The van der Waals surface area contributed by atoms with Crippen LogP contribution in [0.3, 0.4) is 0 Å². The number of nitrogens with zero attached hydrogens (tertiary/aromatic N) is 3. The first-order valence-corrected chi connectivity index (χ1v) is 11.5. The van der Waals surface area contributed by atoms with Crippen molar-refractivity contribution < 1.29 is 17.9 Å². The van der Waals surface area contributed by atoms with Gasteiger partial charge in [0.05, 0.1) is 12.7 Å². The summed E-state index contributed by atoms with van der Waals surface area (Å²) in [6.45, 7) is 2.47. The van der Waals surface area contributed by atoms with Crippen LogP contribution in [0, 0.1) is 0 Å². The molecule has 0 aliphatic heterocycles. The molecule has 0 saturated heterocycles. The third kappa shape index (κ3) is 6.97. The molecular weight excluding hydrogens is 461 g/mol. The molecule has 0 bridgehead atoms. The minimum Gasteiger partial charge on any atom is -0.497 e. The first-order chi connectivity index (χ1) is 16.7. The summed E-state index contributed by atoms with van der Waals surface area (Å²) in [4.78, 5) is 29.9. The number of methoxy groups -OCH3 is 1. The van der Waals surface area contributed by atoms with Crippen LogP contribution in [0.2, 0.25) is 0 Å². The Morgan fingerprint density at radius 3 is 2.37 bits per heavy atom. The van der Waals surface area contributed by atoms with E-state index in [0.717, 1.165) is 41.5 Å². The first-order valence-electron chi connectivity index (χ1n) is 11.5. The fourth-order valence-corrected chi connectivity index (χ4v) is 3.65. The summed E-state index contributed by atoms with van der Waals surface area (Å²) in [7, 11) is 1.57. The monoisotopic (exact) mass is 490 g/mol. The predicted molar refractivity (Wildman–Crippen MR) is 128 cm³/mol. The number of rotatable bonds is 11. The average Bonchev–Trinajstić information content (AvgIpc) is 2.83. The number of anilines is 2. The summed E-state index contributed by atoms with van der Waals surface area (Å²) in [5.41, 5.74) is -1.14. The fourth-order valence-electron chi connectivity index (χ4n) is 3.65. The summed E-state index contributed by atoms with van der Waals surface area (Å²) in [6, 6.07) is 11.8. The lowest BCUT2D eigenvalue weighted by molar-refractivity contribution is -0.137. The predicted octanol–water partition coefficient (Wildman–Crippen LogP) is 5.00. The van der Waals surface area contributed by atoms with Gasteiger partial charge in [-0.2, -0.15) is 18.2 Å². The number of ether oxygens (including phenoxy) is 1. The lowest BCUT2D eigenvalue weighted by Gasteiger charge is -2.16. The summed E-state index contributed by atoms with van der Waals surface area (Å²) in [6.07, 6.45) is -0.554. The zero-order valence-electron chi connectivity index (χ0n) is 19.8. The Bertz CT molecular complexity index is 1230. The number of unbranched alkanes of at least 4 members (excludes halogenated alkanes) is 3. The summed E-state index contributed by atoms with van der Waals surface area (Å²) < 4.78 is 47.0. The van der Waals surface area contributed by atoms with Gasteiger partial charge in [0.25, 0.3) is 0 Å². The minimum absolute atomic E-state index is 0.0741. The number of halogens is 3. The van der Waals surface area contributed by atoms with Crippen molar-refractivity contribution in [2.24, 2.45) is 0 Å². The molecule has 0 aliphatic rings. The van der Waals surface area contributed by atoms with Crippen molar-refractivity contribution in [3.8, 4) is 5.75 Å². The van der Waals surface area contributed by atoms with E-state index in [0.29, 0.717) is 18.6 Å². The van der Waals surface area contributed by atoms with E-state index in [1.807, 2.05) is 12.1 Å². The van der Waals surface area contributed by atoms with Crippen LogP contribution in [-0.2, 0) is 25.7 Å². The van der Waals surface area contributed by atoms with Gasteiger partial charge >= 0.3 is 17.6 Å². The van der Waals surface area contributed by atoms with E-state index < -0.39 is 23.1 Å². The molecule has 10 heteroatoms. The minimum atomic E-state index is -4.53. The van der Waals surface area contributed by atoms with Crippen LogP contribution in [0.25, 0.3) is 0 Å². The highest BCUT2D eigenvalue weighted by Crippen LogP contribution is 2.31. The number of hydrogen-bond acceptors (Lipinski definition) is 5. The largest absolute Gasteiger partial charge is 0.497 e. The Morgan fingerprint density at radius 2 is 1.71 bits per heavy atom. The molecule has 3 aromatic rings. The van der Waals surface area contributed by atoms with Crippen molar-refractivity contribution in [1.82, 2.24) is 14.1 Å². The molecule has 1 aromatic heterocycles. The second-order valence-corrected chi connectivity index (χ2v) is 8.17. The molecule has 2 aromatic carbocycles. The zero-order chi connectivity index (χ0) is 25.4. The standard InChI is InChI=1S/C25H29F3N4O3/c1-3-4-5-6-15-32-23(33)30-22(29-20-9-7-8-19(17-20)25(26,27)28)31(24(32)34)16-14-18-10-12-21(35-2)13-11-18/h7-13,17H,3-6,14-16H2,1-2H3,(H,29,30,33). The molecule has 0 unspecified atom stereocenters. The normalized spacial score (nSPS) is 11.5. The van der Waals surface area contributed by atoms with Crippen LogP contribution in [0.15, 0.2) is 58.1 Å². The van der Waals surface area contributed by atoms with Crippen LogP contribution < -0.4 is 21.4 Å². The summed E-state index contributed by atoms with van der Waals surface area (Å²) in [5, 5.41) is 2.74. The van der Waals surface area contributed by atoms with Gasteiger partial charge in [-0.05, 0) is 48.7 Å². The van der Waals surface area contributed by atoms with Gasteiger partial charge in [0.2, 0.25) is 5.95 Å². The van der Waals surface area contributed by atoms with Crippen LogP contribution in [0.5, 0.6) is 5.75 Å². The molecule has 35 heavy (non-hydrogen) atoms. The molecule has 0 amide bonds. The molecule has 1 N–H and O–H groups in total. The maximum Gasteiger partial charge on any atom is 0.416 e. The van der Waals surface area contributed by atoms with Gasteiger partial charge < -0.3 is 10.1 Å². The van der Waals surface area contributed by atoms with E-state index in [-0.39, 0.29) is 24.7 Å². The summed E-state index contributed by atoms with van der Waals surface area (Å²) in [5.74, 6) is 0.595. The number of aromatic nitrogens is 3. The van der Waals surface area contributed by atoms with E-state index in [9.17, 15) is 22.8 Å². The maximum absolute atomic E-state index is 13.3. The Hall–Kier alpha value is -3.56. The molecular formula is C25H29F3N4O3. The topological polar surface area (TPSA) is 78.2 Å². The highest BCUT2D eigenvalue weighted by Gasteiger charge is 2.30. The van der Waals surface area contributed by atoms with Crippen molar-refractivity contribution in [3.63, 3.8) is 0 Å². The van der Waals surface area contributed by atoms with Crippen molar-refractivity contribution in [2.75, 3.05) is 12.4 Å². The lowest BCUT2D eigenvalue weighted by atomic mass is 10.1. The highest BCUT2D eigenvalue weighted by molar-refractivity contribution is 5.54. The first kappa shape index (κ1) is 26.1. The quantitative estimate of drug-likeness (QED) is 0.383. The molecule has 3 rings (SSSR count). The van der Waals surface area contributed by atoms with Gasteiger partial charge in [0.15, 0.2) is 0 Å². The zero-order valence-corrected chi connectivity index (χ0v) is 19.8. The second kappa shape index (κ2) is 11.7. The molecule has 0 saturated carbocycles. The Kier molecular flexibility index (Phi) is 8.73. The van der Waals surface area contributed by atoms with Gasteiger partial charge in [0.1, 0.15) is 5.75 Å². The molecule has 1 heterocycles. The molecule has 188 valence electrons. The number of alkyl halides is 3. The van der Waals surface area contributed by atoms with Crippen molar-refractivity contribution in [3.05, 3.63) is 80.6 Å². The van der Waals surface area contributed by atoms with Crippen LogP contribution in [0.4, 0.5) is 24.8 Å². The maximum atomic E-state index is 13.3. The Morgan fingerprint density at radius 1 is 0.971 bits per heavy atom. The average molecular weight is 491 g/mol. The Balaban J connectivity index is 1.94. The molecule has 0 atom stereocenters. The number of benzene rings is 2. The molecule has 0 fully saturated rings. The third-order valence-corrected chi connectivity index (χ3v) is 5.61. The van der Waals surface area contributed by atoms with E-state index in [1.54, 1.807) is 19.2 Å².